The van der Waals surface area contributed by atoms with E-state index in [0.717, 1.165) is 42.2 Å². The van der Waals surface area contributed by atoms with Crippen molar-refractivity contribution in [2.24, 2.45) is 5.92 Å². The van der Waals surface area contributed by atoms with Gasteiger partial charge in [0.2, 0.25) is 16.0 Å². The number of anilines is 2. The van der Waals surface area contributed by atoms with Gasteiger partial charge < -0.3 is 10.3 Å². The zero-order valence-corrected chi connectivity index (χ0v) is 17.3. The molecule has 0 spiro atoms. The first-order chi connectivity index (χ1) is 13.9. The monoisotopic (exact) mass is 412 g/mol. The van der Waals surface area contributed by atoms with Gasteiger partial charge in [-0.25, -0.2) is 28.1 Å². The molecule has 0 amide bonds. The Morgan fingerprint density at radius 1 is 1.14 bits per heavy atom. The van der Waals surface area contributed by atoms with Gasteiger partial charge in [0, 0.05) is 24.8 Å². The molecule has 0 aliphatic heterocycles. The zero-order valence-electron chi connectivity index (χ0n) is 16.4. The minimum absolute atomic E-state index is 0.249. The number of aryl methyl sites for hydroxylation is 2. The molecule has 1 fully saturated rings. The van der Waals surface area contributed by atoms with Crippen molar-refractivity contribution in [3.8, 4) is 11.4 Å². The van der Waals surface area contributed by atoms with Gasteiger partial charge in [-0.05, 0) is 56.0 Å². The number of H-pyrrole nitrogens is 1. The van der Waals surface area contributed by atoms with Gasteiger partial charge in [0.1, 0.15) is 5.82 Å². The van der Waals surface area contributed by atoms with Crippen molar-refractivity contribution in [2.75, 3.05) is 11.9 Å². The van der Waals surface area contributed by atoms with Crippen LogP contribution in [0, 0.1) is 12.8 Å². The molecule has 3 aromatic rings. The number of sulfonamides is 1. The lowest BCUT2D eigenvalue weighted by Crippen LogP contribution is -2.25. The van der Waals surface area contributed by atoms with Gasteiger partial charge in [0.05, 0.1) is 22.0 Å². The van der Waals surface area contributed by atoms with Crippen LogP contribution in [0.25, 0.3) is 11.4 Å². The van der Waals surface area contributed by atoms with Crippen molar-refractivity contribution in [2.45, 2.75) is 38.0 Å². The van der Waals surface area contributed by atoms with Crippen molar-refractivity contribution in [1.82, 2.24) is 24.7 Å². The van der Waals surface area contributed by atoms with E-state index >= 15 is 0 Å². The van der Waals surface area contributed by atoms with E-state index < -0.39 is 10.0 Å². The van der Waals surface area contributed by atoms with E-state index in [4.69, 9.17) is 0 Å². The molecule has 0 bridgehead atoms. The Hall–Kier alpha value is -2.78. The topological polar surface area (TPSA) is 113 Å². The Kier molecular flexibility index (Phi) is 5.33. The fourth-order valence-corrected chi connectivity index (χ4v) is 4.09. The van der Waals surface area contributed by atoms with E-state index in [2.05, 4.69) is 30.0 Å². The lowest BCUT2D eigenvalue weighted by molar-refractivity contribution is 0.577. The smallest absolute Gasteiger partial charge is 0.240 e. The lowest BCUT2D eigenvalue weighted by Gasteiger charge is -2.09. The molecule has 29 heavy (non-hydrogen) atoms. The molecular formula is C20H24N6O2S. The number of benzene rings is 1. The van der Waals surface area contributed by atoms with Crippen LogP contribution in [0.5, 0.6) is 0 Å². The fraction of sp³-hybridized carbons (Fsp3) is 0.350. The molecule has 3 N–H and O–H groups in total. The third kappa shape index (κ3) is 4.63. The Morgan fingerprint density at radius 3 is 2.55 bits per heavy atom. The van der Waals surface area contributed by atoms with Crippen LogP contribution in [0.4, 0.5) is 11.6 Å². The molecule has 1 aromatic carbocycles. The summed E-state index contributed by atoms with van der Waals surface area (Å²) in [7, 11) is -3.47. The Labute approximate surface area is 170 Å². The first-order valence-electron chi connectivity index (χ1n) is 9.70. The molecule has 1 aliphatic carbocycles. The van der Waals surface area contributed by atoms with E-state index in [9.17, 15) is 8.42 Å². The van der Waals surface area contributed by atoms with E-state index in [-0.39, 0.29) is 4.90 Å². The number of hydrogen-bond acceptors (Lipinski definition) is 6. The summed E-state index contributed by atoms with van der Waals surface area (Å²) in [6.45, 7) is 4.49. The predicted octanol–water partition coefficient (Wildman–Crippen LogP) is 3.17. The second-order valence-corrected chi connectivity index (χ2v) is 8.97. The SMILES string of the molecule is CCc1nc(C)c(-c2ccnc(Nc3ccc(S(=O)(=O)NCC4CC4)cc3)n2)[nH]1. The highest BCUT2D eigenvalue weighted by atomic mass is 32.2. The van der Waals surface area contributed by atoms with E-state index in [1.807, 2.05) is 19.9 Å². The van der Waals surface area contributed by atoms with Gasteiger partial charge in [0.25, 0.3) is 0 Å². The highest BCUT2D eigenvalue weighted by Crippen LogP contribution is 2.28. The number of aromatic amines is 1. The van der Waals surface area contributed by atoms with Gasteiger partial charge in [-0.15, -0.1) is 0 Å². The van der Waals surface area contributed by atoms with Crippen molar-refractivity contribution in [1.29, 1.82) is 0 Å². The number of imidazole rings is 1. The summed E-state index contributed by atoms with van der Waals surface area (Å²) in [5.74, 6) is 1.83. The summed E-state index contributed by atoms with van der Waals surface area (Å²) in [4.78, 5) is 16.8. The molecule has 9 heteroatoms. The maximum atomic E-state index is 12.3. The average molecular weight is 413 g/mol. The van der Waals surface area contributed by atoms with Crippen LogP contribution in [0.1, 0.15) is 31.3 Å². The van der Waals surface area contributed by atoms with Crippen LogP contribution >= 0.6 is 0 Å². The summed E-state index contributed by atoms with van der Waals surface area (Å²) in [6.07, 6.45) is 4.70. The van der Waals surface area contributed by atoms with Crippen LogP contribution < -0.4 is 10.0 Å². The standard InChI is InChI=1S/C20H24N6O2S/c1-3-18-23-13(2)19(26-18)17-10-11-21-20(25-17)24-15-6-8-16(9-7-15)29(27,28)22-12-14-4-5-14/h6-11,14,22H,3-5,12H2,1-2H3,(H,23,26)(H,21,24,25). The molecule has 0 unspecified atom stereocenters. The Bertz CT molecular complexity index is 1100. The Balaban J connectivity index is 1.48. The molecule has 0 radical (unpaired) electrons. The summed E-state index contributed by atoms with van der Waals surface area (Å²) in [5.41, 5.74) is 3.21. The van der Waals surface area contributed by atoms with Gasteiger partial charge in [-0.1, -0.05) is 6.92 Å². The predicted molar refractivity (Wildman–Crippen MR) is 111 cm³/mol. The first-order valence-corrected chi connectivity index (χ1v) is 11.2. The second kappa shape index (κ2) is 7.92. The van der Waals surface area contributed by atoms with E-state index in [1.165, 1.54) is 0 Å². The molecule has 1 aliphatic rings. The van der Waals surface area contributed by atoms with Crippen molar-refractivity contribution < 1.29 is 8.42 Å². The van der Waals surface area contributed by atoms with Crippen molar-refractivity contribution >= 4 is 21.7 Å². The largest absolute Gasteiger partial charge is 0.341 e. The van der Waals surface area contributed by atoms with Gasteiger partial charge in [0.15, 0.2) is 0 Å². The van der Waals surface area contributed by atoms with Crippen LogP contribution in [-0.2, 0) is 16.4 Å². The summed E-state index contributed by atoms with van der Waals surface area (Å²) in [5, 5.41) is 3.12. The lowest BCUT2D eigenvalue weighted by atomic mass is 10.2. The number of rotatable bonds is 8. The maximum Gasteiger partial charge on any atom is 0.240 e. The van der Waals surface area contributed by atoms with E-state index in [0.29, 0.717) is 24.1 Å². The van der Waals surface area contributed by atoms with Crippen molar-refractivity contribution in [3.63, 3.8) is 0 Å². The fourth-order valence-electron chi connectivity index (χ4n) is 2.98. The molecular weight excluding hydrogens is 388 g/mol. The number of nitrogens with zero attached hydrogens (tertiary/aromatic N) is 3. The van der Waals surface area contributed by atoms with Gasteiger partial charge in [-0.2, -0.15) is 0 Å². The zero-order chi connectivity index (χ0) is 20.4. The summed E-state index contributed by atoms with van der Waals surface area (Å²) < 4.78 is 27.3. The minimum Gasteiger partial charge on any atom is -0.341 e. The van der Waals surface area contributed by atoms with Crippen molar-refractivity contribution in [3.05, 3.63) is 48.0 Å². The van der Waals surface area contributed by atoms with Gasteiger partial charge in [-0.3, -0.25) is 0 Å². The van der Waals surface area contributed by atoms with Gasteiger partial charge >= 0.3 is 0 Å². The normalized spacial score (nSPS) is 14.1. The number of nitrogens with one attached hydrogen (secondary N) is 3. The third-order valence-electron chi connectivity index (χ3n) is 4.86. The van der Waals surface area contributed by atoms with Crippen LogP contribution in [-0.4, -0.2) is 34.9 Å². The molecule has 2 aromatic heterocycles. The van der Waals surface area contributed by atoms with Crippen LogP contribution in [0.3, 0.4) is 0 Å². The summed E-state index contributed by atoms with van der Waals surface area (Å²) in [6, 6.07) is 8.39. The van der Waals surface area contributed by atoms with E-state index in [1.54, 1.807) is 30.5 Å². The molecule has 0 saturated heterocycles. The van der Waals surface area contributed by atoms with Crippen LogP contribution in [0.2, 0.25) is 0 Å². The maximum absolute atomic E-state index is 12.3. The molecule has 0 atom stereocenters. The molecule has 8 nitrogen and oxygen atoms in total. The quantitative estimate of drug-likeness (QED) is 0.524. The second-order valence-electron chi connectivity index (χ2n) is 7.21. The molecule has 152 valence electrons. The highest BCUT2D eigenvalue weighted by molar-refractivity contribution is 7.89. The molecule has 1 saturated carbocycles. The first kappa shape index (κ1) is 19.5. The minimum atomic E-state index is -3.47. The average Bonchev–Trinajstić information content (AvgIpc) is 3.47. The number of aromatic nitrogens is 4. The van der Waals surface area contributed by atoms with Crippen LogP contribution in [0.15, 0.2) is 41.4 Å². The summed E-state index contributed by atoms with van der Waals surface area (Å²) >= 11 is 0. The molecule has 2 heterocycles. The third-order valence-corrected chi connectivity index (χ3v) is 6.30. The molecule has 4 rings (SSSR count). The number of hydrogen-bond donors (Lipinski definition) is 3. The highest BCUT2D eigenvalue weighted by Gasteiger charge is 2.24. The Morgan fingerprint density at radius 2 is 1.90 bits per heavy atom.